The van der Waals surface area contributed by atoms with Crippen LogP contribution < -0.4 is 5.32 Å². The summed E-state index contributed by atoms with van der Waals surface area (Å²) in [5.74, 6) is 0. The van der Waals surface area contributed by atoms with Crippen molar-refractivity contribution in [2.75, 3.05) is 26.7 Å². The Morgan fingerprint density at radius 1 is 1.27 bits per heavy atom. The van der Waals surface area contributed by atoms with E-state index in [0.29, 0.717) is 0 Å². The first kappa shape index (κ1) is 14.7. The van der Waals surface area contributed by atoms with Crippen molar-refractivity contribution in [2.24, 2.45) is 0 Å². The molecule has 0 unspecified atom stereocenters. The third kappa shape index (κ3) is 11.6. The summed E-state index contributed by atoms with van der Waals surface area (Å²) in [5.41, 5.74) is 1.49. The molecule has 0 bridgehead atoms. The largest absolute Gasteiger partial charge is 0.312 e. The molecule has 0 rings (SSSR count). The van der Waals surface area contributed by atoms with Crippen molar-refractivity contribution in [3.05, 3.63) is 12.2 Å². The van der Waals surface area contributed by atoms with Crippen LogP contribution in [0.1, 0.15) is 40.5 Å². The van der Waals surface area contributed by atoms with E-state index in [1.165, 1.54) is 25.0 Å². The van der Waals surface area contributed by atoms with Gasteiger partial charge >= 0.3 is 0 Å². The van der Waals surface area contributed by atoms with E-state index < -0.39 is 0 Å². The zero-order valence-corrected chi connectivity index (χ0v) is 11.2. The SMILES string of the molecule is C=C(C)CN(C)CCCCNC(C)(C)C. The number of nitrogens with zero attached hydrogens (tertiary/aromatic N) is 1. The topological polar surface area (TPSA) is 15.3 Å². The minimum atomic E-state index is 0.254. The summed E-state index contributed by atoms with van der Waals surface area (Å²) in [6.45, 7) is 15.9. The van der Waals surface area contributed by atoms with E-state index in [9.17, 15) is 0 Å². The maximum Gasteiger partial charge on any atom is 0.0184 e. The average molecular weight is 212 g/mol. The molecule has 0 heterocycles. The fourth-order valence-electron chi connectivity index (χ4n) is 1.51. The van der Waals surface area contributed by atoms with Crippen molar-refractivity contribution in [1.29, 1.82) is 0 Å². The molecule has 0 amide bonds. The molecule has 0 aromatic heterocycles. The van der Waals surface area contributed by atoms with Gasteiger partial charge in [-0.3, -0.25) is 0 Å². The van der Waals surface area contributed by atoms with Gasteiger partial charge in [-0.2, -0.15) is 0 Å². The number of unbranched alkanes of at least 4 members (excludes halogenated alkanes) is 1. The minimum absolute atomic E-state index is 0.254. The van der Waals surface area contributed by atoms with Gasteiger partial charge in [0.15, 0.2) is 0 Å². The Labute approximate surface area is 95.7 Å². The van der Waals surface area contributed by atoms with Gasteiger partial charge in [0.2, 0.25) is 0 Å². The molecule has 0 aliphatic heterocycles. The molecule has 0 spiro atoms. The molecule has 0 aliphatic carbocycles. The predicted molar refractivity (Wildman–Crippen MR) is 69.3 cm³/mol. The average Bonchev–Trinajstić information content (AvgIpc) is 1.99. The van der Waals surface area contributed by atoms with Crippen LogP contribution in [-0.4, -0.2) is 37.1 Å². The standard InChI is InChI=1S/C13H28N2/c1-12(2)11-15(6)10-8-7-9-14-13(3,4)5/h14H,1,7-11H2,2-6H3. The van der Waals surface area contributed by atoms with Crippen molar-refractivity contribution in [3.8, 4) is 0 Å². The molecular weight excluding hydrogens is 184 g/mol. The number of nitrogens with one attached hydrogen (secondary N) is 1. The number of hydrogen-bond donors (Lipinski definition) is 1. The molecule has 0 aromatic carbocycles. The number of rotatable bonds is 7. The fourth-order valence-corrected chi connectivity index (χ4v) is 1.51. The van der Waals surface area contributed by atoms with Crippen LogP contribution in [0.5, 0.6) is 0 Å². The van der Waals surface area contributed by atoms with E-state index >= 15 is 0 Å². The highest BCUT2D eigenvalue weighted by Crippen LogP contribution is 2.00. The van der Waals surface area contributed by atoms with Crippen LogP contribution in [0.2, 0.25) is 0 Å². The Balaban J connectivity index is 3.35. The molecule has 90 valence electrons. The summed E-state index contributed by atoms with van der Waals surface area (Å²) in [6.07, 6.45) is 2.50. The summed E-state index contributed by atoms with van der Waals surface area (Å²) in [5, 5.41) is 3.50. The zero-order chi connectivity index (χ0) is 11.9. The lowest BCUT2D eigenvalue weighted by molar-refractivity contribution is 0.343. The van der Waals surface area contributed by atoms with Gasteiger partial charge in [-0.25, -0.2) is 0 Å². The van der Waals surface area contributed by atoms with Crippen LogP contribution in [0.15, 0.2) is 12.2 Å². The number of likely N-dealkylation sites (N-methyl/N-ethyl adjacent to an activating group) is 1. The second-order valence-corrected chi connectivity index (χ2v) is 5.58. The molecule has 0 saturated carbocycles. The third-order valence-electron chi connectivity index (χ3n) is 2.16. The van der Waals surface area contributed by atoms with Crippen LogP contribution in [0, 0.1) is 0 Å². The van der Waals surface area contributed by atoms with E-state index in [2.05, 4.69) is 51.5 Å². The smallest absolute Gasteiger partial charge is 0.0184 e. The lowest BCUT2D eigenvalue weighted by Crippen LogP contribution is -2.36. The van der Waals surface area contributed by atoms with Crippen molar-refractivity contribution in [2.45, 2.75) is 46.1 Å². The highest BCUT2D eigenvalue weighted by Gasteiger charge is 2.07. The molecule has 0 saturated heterocycles. The van der Waals surface area contributed by atoms with Crippen molar-refractivity contribution < 1.29 is 0 Å². The van der Waals surface area contributed by atoms with Crippen molar-refractivity contribution >= 4 is 0 Å². The molecule has 2 nitrogen and oxygen atoms in total. The van der Waals surface area contributed by atoms with E-state index in [1.54, 1.807) is 0 Å². The van der Waals surface area contributed by atoms with E-state index in [-0.39, 0.29) is 5.54 Å². The summed E-state index contributed by atoms with van der Waals surface area (Å²) in [7, 11) is 2.16. The maximum atomic E-state index is 3.92. The first-order valence-corrected chi connectivity index (χ1v) is 5.89. The van der Waals surface area contributed by atoms with E-state index in [0.717, 1.165) is 13.1 Å². The van der Waals surface area contributed by atoms with Gasteiger partial charge in [-0.1, -0.05) is 12.2 Å². The normalized spacial score (nSPS) is 12.1. The second-order valence-electron chi connectivity index (χ2n) is 5.58. The summed E-state index contributed by atoms with van der Waals surface area (Å²) >= 11 is 0. The Hall–Kier alpha value is -0.340. The van der Waals surface area contributed by atoms with Crippen LogP contribution in [0.3, 0.4) is 0 Å². The summed E-state index contributed by atoms with van der Waals surface area (Å²) < 4.78 is 0. The molecule has 1 N–H and O–H groups in total. The molecular formula is C13H28N2. The first-order chi connectivity index (χ1) is 6.81. The van der Waals surface area contributed by atoms with Gasteiger partial charge in [0, 0.05) is 12.1 Å². The highest BCUT2D eigenvalue weighted by atomic mass is 15.1. The molecule has 15 heavy (non-hydrogen) atoms. The highest BCUT2D eigenvalue weighted by molar-refractivity contribution is 4.90. The van der Waals surface area contributed by atoms with Gasteiger partial charge in [-0.15, -0.1) is 0 Å². The van der Waals surface area contributed by atoms with E-state index in [4.69, 9.17) is 0 Å². The van der Waals surface area contributed by atoms with Gasteiger partial charge in [0.25, 0.3) is 0 Å². The van der Waals surface area contributed by atoms with Crippen molar-refractivity contribution in [1.82, 2.24) is 10.2 Å². The van der Waals surface area contributed by atoms with Crippen LogP contribution >= 0.6 is 0 Å². The fraction of sp³-hybridized carbons (Fsp3) is 0.846. The predicted octanol–water partition coefficient (Wildman–Crippen LogP) is 2.66. The lowest BCUT2D eigenvalue weighted by atomic mass is 10.1. The second kappa shape index (κ2) is 7.02. The Kier molecular flexibility index (Phi) is 6.86. The van der Waals surface area contributed by atoms with Crippen LogP contribution in [0.4, 0.5) is 0 Å². The first-order valence-electron chi connectivity index (χ1n) is 5.89. The molecule has 0 aliphatic rings. The molecule has 2 heteroatoms. The Bertz CT molecular complexity index is 179. The molecule has 0 radical (unpaired) electrons. The van der Waals surface area contributed by atoms with E-state index in [1.807, 2.05) is 0 Å². The Morgan fingerprint density at radius 2 is 1.87 bits per heavy atom. The summed E-state index contributed by atoms with van der Waals surface area (Å²) in [4.78, 5) is 2.33. The van der Waals surface area contributed by atoms with Gasteiger partial charge < -0.3 is 10.2 Å². The van der Waals surface area contributed by atoms with Gasteiger partial charge in [0.05, 0.1) is 0 Å². The monoisotopic (exact) mass is 212 g/mol. The van der Waals surface area contributed by atoms with Crippen LogP contribution in [0.25, 0.3) is 0 Å². The van der Waals surface area contributed by atoms with Crippen molar-refractivity contribution in [3.63, 3.8) is 0 Å². The minimum Gasteiger partial charge on any atom is -0.312 e. The van der Waals surface area contributed by atoms with Gasteiger partial charge in [0.1, 0.15) is 0 Å². The lowest BCUT2D eigenvalue weighted by Gasteiger charge is -2.21. The Morgan fingerprint density at radius 3 is 2.33 bits per heavy atom. The van der Waals surface area contributed by atoms with Gasteiger partial charge in [-0.05, 0) is 60.7 Å². The third-order valence-corrected chi connectivity index (χ3v) is 2.16. The molecule has 0 fully saturated rings. The van der Waals surface area contributed by atoms with Crippen LogP contribution in [-0.2, 0) is 0 Å². The molecule has 0 atom stereocenters. The maximum absolute atomic E-state index is 3.92. The summed E-state index contributed by atoms with van der Waals surface area (Å²) in [6, 6.07) is 0. The number of hydrogen-bond acceptors (Lipinski definition) is 2. The quantitative estimate of drug-likeness (QED) is 0.515. The molecule has 0 aromatic rings. The zero-order valence-electron chi connectivity index (χ0n) is 11.2.